The summed E-state index contributed by atoms with van der Waals surface area (Å²) in [5.41, 5.74) is 0.486. The van der Waals surface area contributed by atoms with Crippen molar-refractivity contribution in [2.45, 2.75) is 41.6 Å². The van der Waals surface area contributed by atoms with E-state index in [-0.39, 0.29) is 47.9 Å². The first kappa shape index (κ1) is 24.6. The van der Waals surface area contributed by atoms with Gasteiger partial charge in [0.15, 0.2) is 0 Å². The number of rotatable bonds is 8. The van der Waals surface area contributed by atoms with E-state index in [1.165, 1.54) is 24.3 Å². The van der Waals surface area contributed by atoms with Crippen LogP contribution in [-0.4, -0.2) is 51.1 Å². The lowest BCUT2D eigenvalue weighted by Gasteiger charge is -2.35. The van der Waals surface area contributed by atoms with Gasteiger partial charge in [-0.2, -0.15) is 0 Å². The molecule has 0 aromatic heterocycles. The largest absolute Gasteiger partial charge is 0.484 e. The van der Waals surface area contributed by atoms with Crippen molar-refractivity contribution in [3.63, 3.8) is 0 Å². The second kappa shape index (κ2) is 9.44. The average Bonchev–Trinajstić information content (AvgIpc) is 3.78. The Morgan fingerprint density at radius 2 is 1.89 bits per heavy atom. The maximum atomic E-state index is 13.6. The highest BCUT2D eigenvalue weighted by Gasteiger charge is 2.42. The molecule has 0 bridgehead atoms. The zero-order valence-electron chi connectivity index (χ0n) is 19.2. The number of amides is 2. The molecule has 0 radical (unpaired) electrons. The van der Waals surface area contributed by atoms with Crippen molar-refractivity contribution in [3.05, 3.63) is 48.3 Å². The summed E-state index contributed by atoms with van der Waals surface area (Å²) in [6.07, 6.45) is 1.86. The smallest absolute Gasteiger partial charge is 0.411 e. The fourth-order valence-corrected chi connectivity index (χ4v) is 5.44. The number of sulfonamides is 1. The van der Waals surface area contributed by atoms with Gasteiger partial charge < -0.3 is 14.8 Å². The number of carbonyl (C=O) groups excluding carboxylic acids is 2. The number of ether oxygens (including phenoxy) is 2. The SMILES string of the molecule is O=C(Nc1ccc2c(c1)N(S(=O)(=O)c1ccc(F)cc1)C[C@H](CNC(=O)C1CC1)O2)OCC1(Cl)CC1. The van der Waals surface area contributed by atoms with Crippen LogP contribution in [0.15, 0.2) is 47.4 Å². The zero-order valence-corrected chi connectivity index (χ0v) is 20.8. The predicted molar refractivity (Wildman–Crippen MR) is 130 cm³/mol. The standard InChI is InChI=1S/C24H25ClFN3O6S/c25-24(9-10-24)14-34-23(31)28-17-5-8-21-20(11-17)29(36(32,33)19-6-3-16(26)4-7-19)13-18(35-21)12-27-22(30)15-1-2-15/h3-8,11,15,18H,1-2,9-10,12-14H2,(H,27,30)(H,28,31)/t18-/m0/s1. The van der Waals surface area contributed by atoms with Crippen LogP contribution >= 0.6 is 11.6 Å². The fraction of sp³-hybridized carbons (Fsp3) is 0.417. The Morgan fingerprint density at radius 1 is 1.17 bits per heavy atom. The number of hydrogen-bond acceptors (Lipinski definition) is 6. The molecule has 1 aliphatic heterocycles. The van der Waals surface area contributed by atoms with Gasteiger partial charge in [-0.15, -0.1) is 11.6 Å². The van der Waals surface area contributed by atoms with Gasteiger partial charge >= 0.3 is 6.09 Å². The molecule has 3 aliphatic rings. The number of hydrogen-bond donors (Lipinski definition) is 2. The molecular formula is C24H25ClFN3O6S. The van der Waals surface area contributed by atoms with Gasteiger partial charge in [0.05, 0.1) is 28.5 Å². The fourth-order valence-electron chi connectivity index (χ4n) is 3.79. The summed E-state index contributed by atoms with van der Waals surface area (Å²) in [6.45, 7) is 0.102. The van der Waals surface area contributed by atoms with Crippen molar-refractivity contribution in [1.82, 2.24) is 5.32 Å². The number of anilines is 2. The van der Waals surface area contributed by atoms with E-state index >= 15 is 0 Å². The number of nitrogens with zero attached hydrogens (tertiary/aromatic N) is 1. The van der Waals surface area contributed by atoms with Gasteiger partial charge in [0, 0.05) is 11.6 Å². The van der Waals surface area contributed by atoms with E-state index < -0.39 is 32.9 Å². The molecule has 5 rings (SSSR count). The number of halogens is 2. The zero-order chi connectivity index (χ0) is 25.5. The summed E-state index contributed by atoms with van der Waals surface area (Å²) in [6, 6.07) is 9.06. The quantitative estimate of drug-likeness (QED) is 0.497. The lowest BCUT2D eigenvalue weighted by molar-refractivity contribution is -0.122. The third-order valence-electron chi connectivity index (χ3n) is 6.25. The first-order valence-corrected chi connectivity index (χ1v) is 13.4. The highest BCUT2D eigenvalue weighted by atomic mass is 35.5. The van der Waals surface area contributed by atoms with Gasteiger partial charge in [0.2, 0.25) is 5.91 Å². The van der Waals surface area contributed by atoms with Crippen LogP contribution in [0.4, 0.5) is 20.6 Å². The maximum Gasteiger partial charge on any atom is 0.411 e. The van der Waals surface area contributed by atoms with E-state index in [4.69, 9.17) is 21.1 Å². The van der Waals surface area contributed by atoms with E-state index in [2.05, 4.69) is 10.6 Å². The molecule has 0 saturated heterocycles. The van der Waals surface area contributed by atoms with Crippen LogP contribution in [0.2, 0.25) is 0 Å². The molecule has 2 fully saturated rings. The predicted octanol–water partition coefficient (Wildman–Crippen LogP) is 3.63. The van der Waals surface area contributed by atoms with Crippen molar-refractivity contribution in [2.24, 2.45) is 5.92 Å². The van der Waals surface area contributed by atoms with E-state index in [9.17, 15) is 22.4 Å². The highest BCUT2D eigenvalue weighted by Crippen LogP contribution is 2.43. The lowest BCUT2D eigenvalue weighted by Crippen LogP contribution is -2.48. The third kappa shape index (κ3) is 5.52. The average molecular weight is 538 g/mol. The van der Waals surface area contributed by atoms with Gasteiger partial charge in [-0.1, -0.05) is 0 Å². The molecule has 12 heteroatoms. The maximum absolute atomic E-state index is 13.6. The van der Waals surface area contributed by atoms with Gasteiger partial charge in [0.1, 0.15) is 24.3 Å². The van der Waals surface area contributed by atoms with Crippen molar-refractivity contribution in [3.8, 4) is 5.75 Å². The van der Waals surface area contributed by atoms with Crippen LogP contribution < -0.4 is 19.7 Å². The van der Waals surface area contributed by atoms with Crippen molar-refractivity contribution < 1.29 is 31.9 Å². The molecule has 2 saturated carbocycles. The van der Waals surface area contributed by atoms with Crippen molar-refractivity contribution in [1.29, 1.82) is 0 Å². The molecule has 2 amide bonds. The van der Waals surface area contributed by atoms with Gasteiger partial charge in [-0.25, -0.2) is 17.6 Å². The number of carbonyl (C=O) groups is 2. The number of alkyl halides is 1. The summed E-state index contributed by atoms with van der Waals surface area (Å²) < 4.78 is 52.8. The Morgan fingerprint density at radius 3 is 2.56 bits per heavy atom. The number of benzene rings is 2. The Labute approximate surface area is 212 Å². The Bertz CT molecular complexity index is 1280. The molecule has 0 spiro atoms. The van der Waals surface area contributed by atoms with E-state index in [0.717, 1.165) is 42.1 Å². The topological polar surface area (TPSA) is 114 Å². The molecule has 1 atom stereocenters. The summed E-state index contributed by atoms with van der Waals surface area (Å²) >= 11 is 6.16. The van der Waals surface area contributed by atoms with E-state index in [1.807, 2.05) is 0 Å². The molecule has 2 N–H and O–H groups in total. The first-order valence-electron chi connectivity index (χ1n) is 11.6. The van der Waals surface area contributed by atoms with Crippen LogP contribution in [-0.2, 0) is 19.6 Å². The Balaban J connectivity index is 1.39. The Hall–Kier alpha value is -3.05. The Kier molecular flexibility index (Phi) is 6.46. The molecule has 2 aromatic carbocycles. The first-order chi connectivity index (χ1) is 17.1. The molecule has 192 valence electrons. The van der Waals surface area contributed by atoms with Crippen LogP contribution in [0, 0.1) is 11.7 Å². The summed E-state index contributed by atoms with van der Waals surface area (Å²) in [4.78, 5) is 23.7. The third-order valence-corrected chi connectivity index (χ3v) is 8.53. The second-order valence-electron chi connectivity index (χ2n) is 9.28. The molecule has 36 heavy (non-hydrogen) atoms. The lowest BCUT2D eigenvalue weighted by atomic mass is 10.2. The molecular weight excluding hydrogens is 513 g/mol. The van der Waals surface area contributed by atoms with Crippen LogP contribution in [0.25, 0.3) is 0 Å². The summed E-state index contributed by atoms with van der Waals surface area (Å²) in [5, 5.41) is 5.39. The highest BCUT2D eigenvalue weighted by molar-refractivity contribution is 7.92. The van der Waals surface area contributed by atoms with Gasteiger partial charge in [-0.3, -0.25) is 14.4 Å². The minimum absolute atomic E-state index is 0.00177. The van der Waals surface area contributed by atoms with Gasteiger partial charge in [0.25, 0.3) is 10.0 Å². The summed E-state index contributed by atoms with van der Waals surface area (Å²) in [5.74, 6) is -0.386. The second-order valence-corrected chi connectivity index (χ2v) is 11.9. The van der Waals surface area contributed by atoms with Crippen LogP contribution in [0.5, 0.6) is 5.75 Å². The summed E-state index contributed by atoms with van der Waals surface area (Å²) in [7, 11) is -4.12. The van der Waals surface area contributed by atoms with Crippen LogP contribution in [0.1, 0.15) is 25.7 Å². The molecule has 9 nitrogen and oxygen atoms in total. The van der Waals surface area contributed by atoms with Crippen molar-refractivity contribution >= 4 is 45.0 Å². The van der Waals surface area contributed by atoms with E-state index in [1.54, 1.807) is 6.07 Å². The molecule has 1 heterocycles. The number of fused-ring (bicyclic) bond motifs is 1. The van der Waals surface area contributed by atoms with E-state index in [0.29, 0.717) is 5.69 Å². The molecule has 2 aliphatic carbocycles. The van der Waals surface area contributed by atoms with Gasteiger partial charge in [-0.05, 0) is 68.1 Å². The normalized spacial score (nSPS) is 20.1. The number of nitrogens with one attached hydrogen (secondary N) is 2. The monoisotopic (exact) mass is 537 g/mol. The van der Waals surface area contributed by atoms with Crippen molar-refractivity contribution in [2.75, 3.05) is 29.3 Å². The molecule has 0 unspecified atom stereocenters. The van der Waals surface area contributed by atoms with Crippen LogP contribution in [0.3, 0.4) is 0 Å². The minimum Gasteiger partial charge on any atom is -0.484 e. The molecule has 2 aromatic rings. The minimum atomic E-state index is -4.12.